The van der Waals surface area contributed by atoms with E-state index < -0.39 is 5.97 Å². The maximum absolute atomic E-state index is 10.7. The van der Waals surface area contributed by atoms with Gasteiger partial charge in [-0.2, -0.15) is 5.26 Å². The van der Waals surface area contributed by atoms with Gasteiger partial charge in [0.25, 0.3) is 0 Å². The zero-order chi connectivity index (χ0) is 17.6. The van der Waals surface area contributed by atoms with Gasteiger partial charge in [0.1, 0.15) is 0 Å². The third kappa shape index (κ3) is 24.2. The molecule has 0 amide bonds. The quantitative estimate of drug-likeness (QED) is 0.151. The molecule has 0 unspecified atom stereocenters. The number of carbonyl (C=O) groups is 1. The minimum atomic E-state index is -0.510. The van der Waals surface area contributed by atoms with Crippen molar-refractivity contribution < 1.29 is 36.8 Å². The summed E-state index contributed by atoms with van der Waals surface area (Å²) in [6.45, 7) is 2.27. The molecule has 0 aliphatic heterocycles. The van der Waals surface area contributed by atoms with E-state index in [0.29, 0.717) is 6.42 Å². The van der Waals surface area contributed by atoms with E-state index >= 15 is 0 Å². The number of hydrogen-bond donors (Lipinski definition) is 1. The normalized spacial score (nSPS) is 10.1. The molecule has 0 aromatic rings. The number of rotatable bonds is 16. The summed E-state index contributed by atoms with van der Waals surface area (Å²) >= 11 is 0.125. The second-order valence-electron chi connectivity index (χ2n) is 6.16. The summed E-state index contributed by atoms with van der Waals surface area (Å²) in [7, 11) is 0. The van der Waals surface area contributed by atoms with Crippen molar-refractivity contribution in [1.29, 1.82) is 0 Å². The van der Waals surface area contributed by atoms with Crippen LogP contribution in [-0.2, 0) is 31.5 Å². The zero-order valence-corrected chi connectivity index (χ0v) is 18.2. The molecule has 5 heteroatoms. The van der Waals surface area contributed by atoms with Crippen molar-refractivity contribution in [2.24, 2.45) is 0 Å². The molecule has 0 bridgehead atoms. The Morgan fingerprint density at radius 3 is 1.30 bits per heavy atom. The molecule has 0 radical (unpaired) electrons. The van der Waals surface area contributed by atoms with Crippen LogP contribution in [0.2, 0.25) is 0 Å². The van der Waals surface area contributed by atoms with Crippen molar-refractivity contribution in [3.05, 3.63) is 0 Å². The second kappa shape index (κ2) is 24.1. The van der Waals surface area contributed by atoms with Crippen LogP contribution in [0.1, 0.15) is 110 Å². The summed E-state index contributed by atoms with van der Waals surface area (Å²) in [6, 6.07) is 0. The average Bonchev–Trinajstić information content (AvgIpc) is 2.59. The molecular formula is C18H36O4Zn. The van der Waals surface area contributed by atoms with Crippen molar-refractivity contribution >= 4 is 5.97 Å². The topological polar surface area (TPSA) is 63.6 Å². The molecule has 0 aromatic heterocycles. The molecule has 0 aliphatic rings. The predicted octanol–water partition coefficient (Wildman–Crippen LogP) is 6.14. The van der Waals surface area contributed by atoms with Crippen LogP contribution in [0.4, 0.5) is 0 Å². The van der Waals surface area contributed by atoms with Gasteiger partial charge in [-0.3, -0.25) is 0 Å². The first-order valence-electron chi connectivity index (χ1n) is 9.44. The minimum absolute atomic E-state index is 0.125. The number of carbonyl (C=O) groups excluding carboxylic acids is 1. The van der Waals surface area contributed by atoms with Gasteiger partial charge in [0.15, 0.2) is 0 Å². The molecule has 0 heterocycles. The van der Waals surface area contributed by atoms with E-state index in [0.717, 1.165) is 12.8 Å². The predicted molar refractivity (Wildman–Crippen MR) is 89.0 cm³/mol. The molecule has 0 saturated carbocycles. The van der Waals surface area contributed by atoms with Crippen LogP contribution >= 0.6 is 0 Å². The molecule has 1 N–H and O–H groups in total. The molecule has 134 valence electrons. The molecule has 0 aliphatic carbocycles. The summed E-state index contributed by atoms with van der Waals surface area (Å²) in [5, 5.41) is 8.10. The first kappa shape index (κ1) is 25.1. The molecular weight excluding hydrogens is 346 g/mol. The zero-order valence-electron chi connectivity index (χ0n) is 15.2. The van der Waals surface area contributed by atoms with Crippen LogP contribution in [0.15, 0.2) is 0 Å². The third-order valence-corrected chi connectivity index (χ3v) is 4.09. The fraction of sp³-hybridized carbons (Fsp3) is 0.944. The van der Waals surface area contributed by atoms with Crippen molar-refractivity contribution in [3.63, 3.8) is 0 Å². The van der Waals surface area contributed by atoms with E-state index in [1.807, 2.05) is 0 Å². The molecule has 0 rings (SSSR count). The van der Waals surface area contributed by atoms with Crippen LogP contribution in [0, 0.1) is 0 Å². The Morgan fingerprint density at radius 1 is 0.696 bits per heavy atom. The summed E-state index contributed by atoms with van der Waals surface area (Å²) in [6.07, 6.45) is 20.0. The van der Waals surface area contributed by atoms with Crippen molar-refractivity contribution in [2.45, 2.75) is 110 Å². The van der Waals surface area contributed by atoms with Crippen LogP contribution in [-0.4, -0.2) is 11.2 Å². The van der Waals surface area contributed by atoms with Crippen LogP contribution in [0.3, 0.4) is 0 Å². The van der Waals surface area contributed by atoms with Gasteiger partial charge in [-0.25, -0.2) is 4.79 Å². The van der Waals surface area contributed by atoms with Gasteiger partial charge in [-0.15, -0.1) is 0 Å². The Morgan fingerprint density at radius 2 is 1.00 bits per heavy atom. The van der Waals surface area contributed by atoms with Gasteiger partial charge in [-0.05, 0) is 6.42 Å². The summed E-state index contributed by atoms with van der Waals surface area (Å²) in [4.78, 5) is 14.3. The van der Waals surface area contributed by atoms with E-state index in [9.17, 15) is 4.79 Å². The van der Waals surface area contributed by atoms with E-state index in [2.05, 4.69) is 11.8 Å². The Kier molecular flexibility index (Phi) is 26.3. The first-order chi connectivity index (χ1) is 11.3. The fourth-order valence-electron chi connectivity index (χ4n) is 2.69. The molecule has 23 heavy (non-hydrogen) atoms. The number of unbranched alkanes of at least 4 members (excludes halogenated alkanes) is 14. The first-order valence-corrected chi connectivity index (χ1v) is 10.7. The summed E-state index contributed by atoms with van der Waals surface area (Å²) in [5.41, 5.74) is 0. The summed E-state index contributed by atoms with van der Waals surface area (Å²) in [5.74, 6) is -0.510. The van der Waals surface area contributed by atoms with E-state index in [4.69, 9.17) is 8.83 Å². The molecule has 0 fully saturated rings. The van der Waals surface area contributed by atoms with Crippen LogP contribution < -0.4 is 0 Å². The third-order valence-electron chi connectivity index (χ3n) is 4.09. The Balaban J connectivity index is 0. The van der Waals surface area contributed by atoms with Crippen molar-refractivity contribution in [2.75, 3.05) is 0 Å². The monoisotopic (exact) mass is 380 g/mol. The molecule has 4 nitrogen and oxygen atoms in total. The van der Waals surface area contributed by atoms with E-state index in [1.165, 1.54) is 83.5 Å². The van der Waals surface area contributed by atoms with Crippen molar-refractivity contribution in [3.8, 4) is 0 Å². The number of hydrogen-bond acceptors (Lipinski definition) is 4. The average molecular weight is 382 g/mol. The van der Waals surface area contributed by atoms with E-state index in [1.54, 1.807) is 0 Å². The Hall–Kier alpha value is -0.147. The molecule has 0 spiro atoms. The maximum atomic E-state index is 10.7. The Labute approximate surface area is 152 Å². The van der Waals surface area contributed by atoms with Gasteiger partial charge in [0.05, 0.1) is 0 Å². The molecule has 0 aromatic carbocycles. The van der Waals surface area contributed by atoms with E-state index in [-0.39, 0.29) is 18.3 Å². The van der Waals surface area contributed by atoms with Gasteiger partial charge >= 0.3 is 27.8 Å². The van der Waals surface area contributed by atoms with Gasteiger partial charge in [0.2, 0.25) is 0 Å². The van der Waals surface area contributed by atoms with Crippen LogP contribution in [0.25, 0.3) is 0 Å². The van der Waals surface area contributed by atoms with Crippen LogP contribution in [0.5, 0.6) is 0 Å². The molecule has 0 saturated heterocycles. The molecule has 0 atom stereocenters. The summed E-state index contributed by atoms with van der Waals surface area (Å²) < 4.78 is 8.38. The van der Waals surface area contributed by atoms with Gasteiger partial charge < -0.3 is 4.89 Å². The SMILES string of the molecule is CCCCCCCCCCCCCCCCCC(=O)OO.[O]=[Zn]. The van der Waals surface area contributed by atoms with Crippen molar-refractivity contribution in [1.82, 2.24) is 0 Å². The van der Waals surface area contributed by atoms with Gasteiger partial charge in [-0.1, -0.05) is 96.8 Å². The second-order valence-corrected chi connectivity index (χ2v) is 6.16. The Bertz CT molecular complexity index is 237. The fourth-order valence-corrected chi connectivity index (χ4v) is 2.69. The van der Waals surface area contributed by atoms with Gasteiger partial charge in [0, 0.05) is 6.42 Å². The standard InChI is InChI=1S/C18H36O3.O.Zn/c1-2-3-4-5-6-7-8-9-10-11-12-13-14-15-16-17-18(19)21-20;;/h20H,2-17H2,1H3;;.